The molecule has 0 aliphatic carbocycles. The van der Waals surface area contributed by atoms with Crippen LogP contribution in [0.4, 0.5) is 5.69 Å². The zero-order valence-corrected chi connectivity index (χ0v) is 11.9. The average molecular weight is 279 g/mol. The fourth-order valence-corrected chi connectivity index (χ4v) is 2.69. The molecule has 0 bridgehead atoms. The maximum Gasteiger partial charge on any atom is 0.159 e. The topological polar surface area (TPSA) is 29.5 Å². The molecule has 0 radical (unpaired) electrons. The Balaban J connectivity index is 2.05. The Kier molecular flexibility index (Phi) is 3.73. The number of carbonyl (C=O) groups excluding carboxylic acids is 1. The van der Waals surface area contributed by atoms with Crippen molar-refractivity contribution >= 4 is 11.5 Å². The van der Waals surface area contributed by atoms with Crippen molar-refractivity contribution in [2.75, 3.05) is 12.0 Å². The molecule has 3 rings (SSSR count). The van der Waals surface area contributed by atoms with Crippen molar-refractivity contribution in [3.63, 3.8) is 0 Å². The normalized spacial score (nSPS) is 17.9. The molecule has 0 N–H and O–H groups in total. The molecule has 1 aliphatic heterocycles. The molecule has 0 saturated carbocycles. The quantitative estimate of drug-likeness (QED) is 0.857. The zero-order valence-electron chi connectivity index (χ0n) is 11.9. The first kappa shape index (κ1) is 13.4. The number of benzene rings is 2. The van der Waals surface area contributed by atoms with Crippen LogP contribution in [0.15, 0.2) is 66.9 Å². The summed E-state index contributed by atoms with van der Waals surface area (Å²) in [5, 5.41) is 0. The largest absolute Gasteiger partial charge is 0.496 e. The Hall–Kier alpha value is -2.55. The number of carbonyl (C=O) groups is 1. The maximum absolute atomic E-state index is 11.9. The van der Waals surface area contributed by atoms with Crippen LogP contribution in [0.1, 0.15) is 18.0 Å². The average Bonchev–Trinajstić information content (AvgIpc) is 2.55. The van der Waals surface area contributed by atoms with Gasteiger partial charge in [-0.05, 0) is 24.3 Å². The van der Waals surface area contributed by atoms with Crippen molar-refractivity contribution in [1.82, 2.24) is 0 Å². The number of nitrogens with zero attached hydrogens (tertiary/aromatic N) is 1. The number of ether oxygens (including phenoxy) is 1. The zero-order chi connectivity index (χ0) is 14.7. The van der Waals surface area contributed by atoms with Gasteiger partial charge in [0.2, 0.25) is 0 Å². The summed E-state index contributed by atoms with van der Waals surface area (Å²) in [5.74, 6) is 0.949. The summed E-state index contributed by atoms with van der Waals surface area (Å²) in [5.41, 5.74) is 2.10. The molecule has 1 aliphatic rings. The second-order valence-corrected chi connectivity index (χ2v) is 4.99. The van der Waals surface area contributed by atoms with Gasteiger partial charge in [0.1, 0.15) is 5.75 Å². The Morgan fingerprint density at radius 1 is 1.05 bits per heavy atom. The first-order valence-electron chi connectivity index (χ1n) is 6.97. The van der Waals surface area contributed by atoms with Crippen molar-refractivity contribution in [3.8, 4) is 5.75 Å². The molecule has 1 atom stereocenters. The third-order valence-electron chi connectivity index (χ3n) is 3.70. The maximum atomic E-state index is 11.9. The Labute approximate surface area is 124 Å². The number of para-hydroxylation sites is 2. The number of hydrogen-bond acceptors (Lipinski definition) is 3. The minimum absolute atomic E-state index is 0.0407. The lowest BCUT2D eigenvalue weighted by molar-refractivity contribution is -0.115. The molecular weight excluding hydrogens is 262 g/mol. The lowest BCUT2D eigenvalue weighted by Gasteiger charge is -2.33. The third-order valence-corrected chi connectivity index (χ3v) is 3.70. The summed E-state index contributed by atoms with van der Waals surface area (Å²) in [6, 6.07) is 17.9. The van der Waals surface area contributed by atoms with Gasteiger partial charge in [-0.3, -0.25) is 4.79 Å². The minimum atomic E-state index is -0.0407. The monoisotopic (exact) mass is 279 g/mol. The van der Waals surface area contributed by atoms with Gasteiger partial charge in [-0.15, -0.1) is 0 Å². The van der Waals surface area contributed by atoms with Gasteiger partial charge in [0.25, 0.3) is 0 Å². The lowest BCUT2D eigenvalue weighted by Crippen LogP contribution is -2.29. The Bertz CT molecular complexity index is 664. The van der Waals surface area contributed by atoms with Gasteiger partial charge in [-0.2, -0.15) is 0 Å². The van der Waals surface area contributed by atoms with E-state index in [-0.39, 0.29) is 11.8 Å². The van der Waals surface area contributed by atoms with E-state index >= 15 is 0 Å². The van der Waals surface area contributed by atoms with Gasteiger partial charge in [0, 0.05) is 23.9 Å². The molecule has 0 spiro atoms. The standard InChI is InChI=1S/C18H17NO2/c1-21-18-10-6-5-9-16(18)17-13-15(20)11-12-19(17)14-7-3-2-4-8-14/h2-12,17H,13H2,1H3. The van der Waals surface area contributed by atoms with Crippen LogP contribution in [0.2, 0.25) is 0 Å². The molecule has 106 valence electrons. The van der Waals surface area contributed by atoms with E-state index in [9.17, 15) is 4.79 Å². The highest BCUT2D eigenvalue weighted by molar-refractivity contribution is 5.92. The van der Waals surface area contributed by atoms with Gasteiger partial charge in [0.05, 0.1) is 13.2 Å². The molecule has 0 aromatic heterocycles. The summed E-state index contributed by atoms with van der Waals surface area (Å²) >= 11 is 0. The van der Waals surface area contributed by atoms with E-state index in [1.165, 1.54) is 0 Å². The van der Waals surface area contributed by atoms with Crippen LogP contribution in [-0.4, -0.2) is 12.9 Å². The van der Waals surface area contributed by atoms with Gasteiger partial charge in [-0.1, -0.05) is 36.4 Å². The van der Waals surface area contributed by atoms with E-state index in [2.05, 4.69) is 4.90 Å². The molecule has 2 aromatic rings. The second-order valence-electron chi connectivity index (χ2n) is 4.99. The molecule has 2 aromatic carbocycles. The van der Waals surface area contributed by atoms with Gasteiger partial charge in [-0.25, -0.2) is 0 Å². The first-order valence-corrected chi connectivity index (χ1v) is 6.97. The Morgan fingerprint density at radius 3 is 2.52 bits per heavy atom. The van der Waals surface area contributed by atoms with Crippen molar-refractivity contribution in [1.29, 1.82) is 0 Å². The van der Waals surface area contributed by atoms with E-state index in [4.69, 9.17) is 4.74 Å². The predicted octanol–water partition coefficient (Wildman–Crippen LogP) is 3.73. The lowest BCUT2D eigenvalue weighted by atomic mass is 9.96. The molecule has 3 heteroatoms. The molecule has 0 fully saturated rings. The highest BCUT2D eigenvalue weighted by Gasteiger charge is 2.27. The summed E-state index contributed by atoms with van der Waals surface area (Å²) in [6.45, 7) is 0. The summed E-state index contributed by atoms with van der Waals surface area (Å²) < 4.78 is 5.46. The van der Waals surface area contributed by atoms with E-state index in [1.54, 1.807) is 13.2 Å². The van der Waals surface area contributed by atoms with Crippen LogP contribution in [0, 0.1) is 0 Å². The number of hydrogen-bond donors (Lipinski definition) is 0. The van der Waals surface area contributed by atoms with Crippen LogP contribution >= 0.6 is 0 Å². The fraction of sp³-hybridized carbons (Fsp3) is 0.167. The summed E-state index contributed by atoms with van der Waals surface area (Å²) in [7, 11) is 1.66. The first-order chi connectivity index (χ1) is 10.3. The summed E-state index contributed by atoms with van der Waals surface area (Å²) in [4.78, 5) is 14.0. The number of allylic oxidation sites excluding steroid dienone is 1. The third kappa shape index (κ3) is 2.68. The van der Waals surface area contributed by atoms with Crippen molar-refractivity contribution in [2.24, 2.45) is 0 Å². The highest BCUT2D eigenvalue weighted by Crippen LogP contribution is 2.37. The van der Waals surface area contributed by atoms with Crippen LogP contribution in [0.3, 0.4) is 0 Å². The number of methoxy groups -OCH3 is 1. The van der Waals surface area contributed by atoms with E-state index in [0.717, 1.165) is 17.0 Å². The van der Waals surface area contributed by atoms with Gasteiger partial charge >= 0.3 is 0 Å². The van der Waals surface area contributed by atoms with E-state index < -0.39 is 0 Å². The highest BCUT2D eigenvalue weighted by atomic mass is 16.5. The smallest absolute Gasteiger partial charge is 0.159 e. The van der Waals surface area contributed by atoms with Crippen LogP contribution < -0.4 is 9.64 Å². The van der Waals surface area contributed by atoms with Crippen molar-refractivity contribution in [3.05, 3.63) is 72.4 Å². The number of rotatable bonds is 3. The van der Waals surface area contributed by atoms with Gasteiger partial charge in [0.15, 0.2) is 5.78 Å². The van der Waals surface area contributed by atoms with Crippen molar-refractivity contribution < 1.29 is 9.53 Å². The summed E-state index contributed by atoms with van der Waals surface area (Å²) in [6.07, 6.45) is 3.95. The van der Waals surface area contributed by atoms with E-state index in [1.807, 2.05) is 60.8 Å². The SMILES string of the molecule is COc1ccccc1C1CC(=O)C=CN1c1ccccc1. The molecule has 1 unspecified atom stereocenters. The number of ketones is 1. The van der Waals surface area contributed by atoms with Crippen LogP contribution in [-0.2, 0) is 4.79 Å². The van der Waals surface area contributed by atoms with Crippen LogP contribution in [0.5, 0.6) is 5.75 Å². The molecule has 21 heavy (non-hydrogen) atoms. The second kappa shape index (κ2) is 5.83. The van der Waals surface area contributed by atoms with E-state index in [0.29, 0.717) is 6.42 Å². The van der Waals surface area contributed by atoms with Crippen LogP contribution in [0.25, 0.3) is 0 Å². The fourth-order valence-electron chi connectivity index (χ4n) is 2.69. The molecule has 3 nitrogen and oxygen atoms in total. The van der Waals surface area contributed by atoms with Crippen molar-refractivity contribution in [2.45, 2.75) is 12.5 Å². The molecular formula is C18H17NO2. The Morgan fingerprint density at radius 2 is 1.76 bits per heavy atom. The molecule has 0 saturated heterocycles. The molecule has 1 heterocycles. The predicted molar refractivity (Wildman–Crippen MR) is 83.4 cm³/mol. The van der Waals surface area contributed by atoms with Gasteiger partial charge < -0.3 is 9.64 Å². The number of anilines is 1. The molecule has 0 amide bonds. The minimum Gasteiger partial charge on any atom is -0.496 e.